The van der Waals surface area contributed by atoms with Crippen molar-refractivity contribution in [3.05, 3.63) is 73.2 Å². The highest BCUT2D eigenvalue weighted by molar-refractivity contribution is 7.99. The molecule has 2 aromatic carbocycles. The molecule has 0 aliphatic carbocycles. The van der Waals surface area contributed by atoms with E-state index in [1.54, 1.807) is 11.8 Å². The van der Waals surface area contributed by atoms with Crippen molar-refractivity contribution in [1.29, 1.82) is 0 Å². The number of hydrogen-bond donors (Lipinski definition) is 0. The molecule has 0 fully saturated rings. The van der Waals surface area contributed by atoms with Gasteiger partial charge in [0, 0.05) is 10.1 Å². The fourth-order valence-corrected chi connectivity index (χ4v) is 2.34. The second-order valence-corrected chi connectivity index (χ2v) is 4.61. The summed E-state index contributed by atoms with van der Waals surface area (Å²) in [7, 11) is 0. The van der Waals surface area contributed by atoms with E-state index in [1.807, 2.05) is 12.1 Å². The van der Waals surface area contributed by atoms with Gasteiger partial charge in [0.2, 0.25) is 0 Å². The normalized spacial score (nSPS) is 12.3. The van der Waals surface area contributed by atoms with Crippen LogP contribution in [0.1, 0.15) is 10.8 Å². The summed E-state index contributed by atoms with van der Waals surface area (Å²) in [4.78, 5) is 1.27. The van der Waals surface area contributed by atoms with Crippen LogP contribution in [-0.2, 0) is 0 Å². The van der Waals surface area contributed by atoms with Gasteiger partial charge in [-0.3, -0.25) is 0 Å². The lowest BCUT2D eigenvalue weighted by atomic mass is 10.2. The van der Waals surface area contributed by atoms with E-state index in [9.17, 15) is 0 Å². The summed E-state index contributed by atoms with van der Waals surface area (Å²) in [6.07, 6.45) is 0. The fourth-order valence-electron chi connectivity index (χ4n) is 1.40. The van der Waals surface area contributed by atoms with Crippen molar-refractivity contribution in [3.63, 3.8) is 0 Å². The van der Waals surface area contributed by atoms with E-state index in [0.29, 0.717) is 0 Å². The largest absolute Gasteiger partial charge is 0.118 e. The van der Waals surface area contributed by atoms with Gasteiger partial charge < -0.3 is 0 Å². The number of hydrogen-bond acceptors (Lipinski definition) is 1. The van der Waals surface area contributed by atoms with E-state index in [-0.39, 0.29) is 5.25 Å². The predicted octanol–water partition coefficient (Wildman–Crippen LogP) is 4.35. The van der Waals surface area contributed by atoms with E-state index in [4.69, 9.17) is 0 Å². The third-order valence-corrected chi connectivity index (χ3v) is 3.29. The summed E-state index contributed by atoms with van der Waals surface area (Å²) < 4.78 is 0. The first-order chi connectivity index (χ1) is 7.36. The minimum Gasteiger partial charge on any atom is -0.118 e. The monoisotopic (exact) mass is 213 g/mol. The van der Waals surface area contributed by atoms with Crippen LogP contribution in [0.4, 0.5) is 0 Å². The van der Waals surface area contributed by atoms with Gasteiger partial charge >= 0.3 is 0 Å². The summed E-state index contributed by atoms with van der Waals surface area (Å²) in [6.45, 7) is 4.17. The Hall–Kier alpha value is -1.21. The molecule has 2 aromatic rings. The van der Waals surface area contributed by atoms with Crippen LogP contribution in [0.2, 0.25) is 0 Å². The first-order valence-corrected chi connectivity index (χ1v) is 5.84. The zero-order chi connectivity index (χ0) is 10.5. The summed E-state index contributed by atoms with van der Waals surface area (Å²) in [5.41, 5.74) is 1.27. The Labute approximate surface area is 95.3 Å². The van der Waals surface area contributed by atoms with E-state index in [0.717, 1.165) is 0 Å². The highest BCUT2D eigenvalue weighted by atomic mass is 32.2. The standard InChI is InChI=1S/C14H13S/c1-12(13-8-4-2-5-9-13)15-14-10-6-3-7-11-14/h2-12H,1H2. The molecule has 1 radical (unpaired) electrons. The molecule has 0 nitrogen and oxygen atoms in total. The highest BCUT2D eigenvalue weighted by Gasteiger charge is 2.05. The quantitative estimate of drug-likeness (QED) is 0.683. The first-order valence-electron chi connectivity index (χ1n) is 4.96. The average Bonchev–Trinajstić information content (AvgIpc) is 2.31. The molecule has 1 heteroatoms. The maximum absolute atomic E-state index is 4.17. The minimum atomic E-state index is 0.258. The summed E-state index contributed by atoms with van der Waals surface area (Å²) in [6, 6.07) is 20.8. The SMILES string of the molecule is [CH2]C(Sc1ccccc1)c1ccccc1. The molecule has 0 aliphatic rings. The van der Waals surface area contributed by atoms with Gasteiger partial charge in [-0.05, 0) is 24.6 Å². The fraction of sp³-hybridized carbons (Fsp3) is 0.0714. The summed E-state index contributed by atoms with van der Waals surface area (Å²) >= 11 is 1.79. The average molecular weight is 213 g/mol. The van der Waals surface area contributed by atoms with E-state index in [2.05, 4.69) is 55.5 Å². The summed E-state index contributed by atoms with van der Waals surface area (Å²) in [5, 5.41) is 0.258. The van der Waals surface area contributed by atoms with Crippen LogP contribution < -0.4 is 0 Å². The maximum atomic E-state index is 4.17. The second kappa shape index (κ2) is 5.04. The lowest BCUT2D eigenvalue weighted by molar-refractivity contribution is 1.22. The zero-order valence-corrected chi connectivity index (χ0v) is 9.28. The number of benzene rings is 2. The van der Waals surface area contributed by atoms with Crippen LogP contribution in [-0.4, -0.2) is 0 Å². The van der Waals surface area contributed by atoms with Crippen molar-refractivity contribution in [2.45, 2.75) is 10.1 Å². The molecule has 0 heterocycles. The molecule has 0 bridgehead atoms. The second-order valence-electron chi connectivity index (χ2n) is 3.33. The Morgan fingerprint density at radius 1 is 0.800 bits per heavy atom. The van der Waals surface area contributed by atoms with Crippen LogP contribution in [0.3, 0.4) is 0 Å². The Balaban J connectivity index is 2.08. The molecular formula is C14H13S. The van der Waals surface area contributed by atoms with Gasteiger partial charge in [0.25, 0.3) is 0 Å². The summed E-state index contributed by atoms with van der Waals surface area (Å²) in [5.74, 6) is 0. The maximum Gasteiger partial charge on any atom is 0.0345 e. The van der Waals surface area contributed by atoms with Gasteiger partial charge in [-0.25, -0.2) is 0 Å². The van der Waals surface area contributed by atoms with Crippen molar-refractivity contribution in [1.82, 2.24) is 0 Å². The van der Waals surface area contributed by atoms with Gasteiger partial charge in [0.05, 0.1) is 0 Å². The van der Waals surface area contributed by atoms with Crippen LogP contribution in [0.5, 0.6) is 0 Å². The molecule has 15 heavy (non-hydrogen) atoms. The molecule has 75 valence electrons. The van der Waals surface area contributed by atoms with E-state index < -0.39 is 0 Å². The van der Waals surface area contributed by atoms with Crippen LogP contribution >= 0.6 is 11.8 Å². The van der Waals surface area contributed by atoms with Crippen LogP contribution in [0.15, 0.2) is 65.6 Å². The van der Waals surface area contributed by atoms with Gasteiger partial charge in [0.1, 0.15) is 0 Å². The van der Waals surface area contributed by atoms with Crippen molar-refractivity contribution < 1.29 is 0 Å². The highest BCUT2D eigenvalue weighted by Crippen LogP contribution is 2.33. The lowest BCUT2D eigenvalue weighted by Gasteiger charge is -2.10. The predicted molar refractivity (Wildman–Crippen MR) is 66.8 cm³/mol. The molecule has 0 spiro atoms. The van der Waals surface area contributed by atoms with Gasteiger partial charge in [-0.2, -0.15) is 0 Å². The molecular weight excluding hydrogens is 200 g/mol. The van der Waals surface area contributed by atoms with Gasteiger partial charge in [0.15, 0.2) is 0 Å². The van der Waals surface area contributed by atoms with Gasteiger partial charge in [-0.1, -0.05) is 48.5 Å². The Kier molecular flexibility index (Phi) is 3.46. The third-order valence-electron chi connectivity index (χ3n) is 2.19. The smallest absolute Gasteiger partial charge is 0.0345 e. The Morgan fingerprint density at radius 2 is 1.33 bits per heavy atom. The lowest BCUT2D eigenvalue weighted by Crippen LogP contribution is -1.87. The topological polar surface area (TPSA) is 0 Å². The number of rotatable bonds is 3. The van der Waals surface area contributed by atoms with Crippen LogP contribution in [0, 0.1) is 6.92 Å². The first kappa shape index (κ1) is 10.3. The van der Waals surface area contributed by atoms with Crippen molar-refractivity contribution in [2.24, 2.45) is 0 Å². The number of thioether (sulfide) groups is 1. The van der Waals surface area contributed by atoms with Crippen molar-refractivity contribution in [3.8, 4) is 0 Å². The molecule has 1 atom stereocenters. The van der Waals surface area contributed by atoms with Crippen molar-refractivity contribution >= 4 is 11.8 Å². The molecule has 0 amide bonds. The molecule has 0 N–H and O–H groups in total. The molecule has 0 aromatic heterocycles. The van der Waals surface area contributed by atoms with Crippen molar-refractivity contribution in [2.75, 3.05) is 0 Å². The Bertz CT molecular complexity index is 394. The molecule has 2 rings (SSSR count). The van der Waals surface area contributed by atoms with E-state index >= 15 is 0 Å². The molecule has 1 unspecified atom stereocenters. The van der Waals surface area contributed by atoms with Crippen LogP contribution in [0.25, 0.3) is 0 Å². The molecule has 0 saturated carbocycles. The molecule has 0 saturated heterocycles. The third kappa shape index (κ3) is 2.87. The van der Waals surface area contributed by atoms with Gasteiger partial charge in [-0.15, -0.1) is 11.8 Å². The molecule has 0 aliphatic heterocycles. The van der Waals surface area contributed by atoms with E-state index in [1.165, 1.54) is 10.5 Å². The Morgan fingerprint density at radius 3 is 1.93 bits per heavy atom. The minimum absolute atomic E-state index is 0.258. The zero-order valence-electron chi connectivity index (χ0n) is 8.47.